The van der Waals surface area contributed by atoms with Crippen LogP contribution in [0.2, 0.25) is 0 Å². The Labute approximate surface area is 150 Å². The summed E-state index contributed by atoms with van der Waals surface area (Å²) in [5, 5.41) is 10.3. The molecule has 0 aliphatic carbocycles. The summed E-state index contributed by atoms with van der Waals surface area (Å²) in [7, 11) is 3.16. The van der Waals surface area contributed by atoms with Crippen molar-refractivity contribution in [3.8, 4) is 23.0 Å². The van der Waals surface area contributed by atoms with Gasteiger partial charge in [-0.1, -0.05) is 29.4 Å². The van der Waals surface area contributed by atoms with Gasteiger partial charge in [0.15, 0.2) is 0 Å². The summed E-state index contributed by atoms with van der Waals surface area (Å²) in [5.74, 6) is 1.24. The van der Waals surface area contributed by atoms with E-state index in [1.165, 1.54) is 6.08 Å². The van der Waals surface area contributed by atoms with Crippen molar-refractivity contribution >= 4 is 18.0 Å². The van der Waals surface area contributed by atoms with Gasteiger partial charge in [0.2, 0.25) is 0 Å². The second-order valence-corrected chi connectivity index (χ2v) is 5.21. The van der Waals surface area contributed by atoms with Crippen LogP contribution in [0.4, 0.5) is 6.01 Å². The fraction of sp³-hybridized carbons (Fsp3) is 0.105. The molecule has 0 radical (unpaired) electrons. The van der Waals surface area contributed by atoms with Crippen molar-refractivity contribution in [1.82, 2.24) is 10.2 Å². The number of methoxy groups -OCH3 is 2. The Morgan fingerprint density at radius 3 is 2.54 bits per heavy atom. The molecule has 26 heavy (non-hydrogen) atoms. The number of nitrogens with one attached hydrogen (secondary N) is 1. The van der Waals surface area contributed by atoms with Crippen LogP contribution in [-0.4, -0.2) is 30.3 Å². The minimum absolute atomic E-state index is 0.00953. The summed E-state index contributed by atoms with van der Waals surface area (Å²) in [5.41, 5.74) is 1.51. The molecular formula is C19H17N3O4. The van der Waals surface area contributed by atoms with Crippen LogP contribution in [-0.2, 0) is 4.79 Å². The maximum Gasteiger partial charge on any atom is 0.322 e. The molecule has 132 valence electrons. The van der Waals surface area contributed by atoms with E-state index in [4.69, 9.17) is 13.9 Å². The molecular weight excluding hydrogens is 334 g/mol. The molecule has 0 aliphatic rings. The van der Waals surface area contributed by atoms with E-state index < -0.39 is 0 Å². The topological polar surface area (TPSA) is 86.5 Å². The first kappa shape index (κ1) is 17.2. The average molecular weight is 351 g/mol. The van der Waals surface area contributed by atoms with Gasteiger partial charge in [-0.2, -0.15) is 0 Å². The standard InChI is InChI=1S/C19H17N3O4/c1-24-14-10-7-13(8-11-14)9-12-17(23)20-19-22-21-18(26-19)15-5-3-4-6-16(15)25-2/h3-12H,1-2H3,(H,20,22,23)/b12-9+. The molecule has 0 atom stereocenters. The molecule has 1 amide bonds. The smallest absolute Gasteiger partial charge is 0.322 e. The van der Waals surface area contributed by atoms with Crippen molar-refractivity contribution in [3.05, 3.63) is 60.2 Å². The zero-order chi connectivity index (χ0) is 18.4. The lowest BCUT2D eigenvalue weighted by Gasteiger charge is -2.03. The normalized spacial score (nSPS) is 10.7. The Morgan fingerprint density at radius 1 is 1.04 bits per heavy atom. The van der Waals surface area contributed by atoms with Crippen molar-refractivity contribution in [3.63, 3.8) is 0 Å². The molecule has 0 aliphatic heterocycles. The second-order valence-electron chi connectivity index (χ2n) is 5.21. The van der Waals surface area contributed by atoms with Crippen LogP contribution in [0.15, 0.2) is 59.0 Å². The Morgan fingerprint density at radius 2 is 1.81 bits per heavy atom. The van der Waals surface area contributed by atoms with Crippen LogP contribution in [0.25, 0.3) is 17.5 Å². The molecule has 3 aromatic rings. The van der Waals surface area contributed by atoms with Gasteiger partial charge in [0.05, 0.1) is 19.8 Å². The van der Waals surface area contributed by atoms with Crippen molar-refractivity contribution in [2.75, 3.05) is 19.5 Å². The largest absolute Gasteiger partial charge is 0.497 e. The predicted molar refractivity (Wildman–Crippen MR) is 96.9 cm³/mol. The van der Waals surface area contributed by atoms with E-state index >= 15 is 0 Å². The molecule has 0 fully saturated rings. The minimum atomic E-state index is -0.379. The number of nitrogens with zero attached hydrogens (tertiary/aromatic N) is 2. The Balaban J connectivity index is 1.66. The van der Waals surface area contributed by atoms with Gasteiger partial charge in [-0.05, 0) is 35.9 Å². The number of amides is 1. The van der Waals surface area contributed by atoms with Crippen LogP contribution >= 0.6 is 0 Å². The third-order valence-electron chi connectivity index (χ3n) is 3.54. The van der Waals surface area contributed by atoms with Gasteiger partial charge in [0.1, 0.15) is 11.5 Å². The van der Waals surface area contributed by atoms with E-state index in [1.807, 2.05) is 36.4 Å². The van der Waals surface area contributed by atoms with Crippen LogP contribution < -0.4 is 14.8 Å². The maximum absolute atomic E-state index is 12.0. The summed E-state index contributed by atoms with van der Waals surface area (Å²) in [6.07, 6.45) is 3.06. The molecule has 7 nitrogen and oxygen atoms in total. The molecule has 0 bridgehead atoms. The van der Waals surface area contributed by atoms with Crippen LogP contribution in [0, 0.1) is 0 Å². The molecule has 0 spiro atoms. The zero-order valence-electron chi connectivity index (χ0n) is 14.3. The number of para-hydroxylation sites is 1. The van der Waals surface area contributed by atoms with Gasteiger partial charge >= 0.3 is 6.01 Å². The lowest BCUT2D eigenvalue weighted by Crippen LogP contribution is -2.07. The number of anilines is 1. The van der Waals surface area contributed by atoms with Crippen molar-refractivity contribution in [1.29, 1.82) is 0 Å². The third kappa shape index (κ3) is 4.07. The average Bonchev–Trinajstić information content (AvgIpc) is 3.15. The first-order valence-electron chi connectivity index (χ1n) is 7.79. The van der Waals surface area contributed by atoms with Crippen LogP contribution in [0.5, 0.6) is 11.5 Å². The highest BCUT2D eigenvalue weighted by molar-refractivity contribution is 6.00. The van der Waals surface area contributed by atoms with Gasteiger partial charge < -0.3 is 13.9 Å². The molecule has 0 unspecified atom stereocenters. The quantitative estimate of drug-likeness (QED) is 0.685. The Kier molecular flexibility index (Phi) is 5.28. The van der Waals surface area contributed by atoms with Gasteiger partial charge in [-0.3, -0.25) is 10.1 Å². The SMILES string of the molecule is COc1ccc(/C=C/C(=O)Nc2nnc(-c3ccccc3OC)o2)cc1. The summed E-state index contributed by atoms with van der Waals surface area (Å²) >= 11 is 0. The number of carbonyl (C=O) groups excluding carboxylic acids is 1. The molecule has 2 aromatic carbocycles. The van der Waals surface area contributed by atoms with Crippen LogP contribution in [0.3, 0.4) is 0 Å². The predicted octanol–water partition coefficient (Wildman–Crippen LogP) is 3.41. The van der Waals surface area contributed by atoms with Gasteiger partial charge in [0.25, 0.3) is 11.8 Å². The lowest BCUT2D eigenvalue weighted by atomic mass is 10.2. The zero-order valence-corrected chi connectivity index (χ0v) is 14.3. The Hall–Kier alpha value is -3.61. The summed E-state index contributed by atoms with van der Waals surface area (Å²) in [6, 6.07) is 14.6. The van der Waals surface area contributed by atoms with Crippen molar-refractivity contribution < 1.29 is 18.7 Å². The first-order chi connectivity index (χ1) is 12.7. The number of hydrogen-bond acceptors (Lipinski definition) is 6. The highest BCUT2D eigenvalue weighted by atomic mass is 16.5. The molecule has 7 heteroatoms. The van der Waals surface area contributed by atoms with E-state index in [9.17, 15) is 4.79 Å². The molecule has 0 saturated heterocycles. The first-order valence-corrected chi connectivity index (χ1v) is 7.79. The monoisotopic (exact) mass is 351 g/mol. The summed E-state index contributed by atoms with van der Waals surface area (Å²) < 4.78 is 15.8. The fourth-order valence-corrected chi connectivity index (χ4v) is 2.24. The van der Waals surface area contributed by atoms with Crippen LogP contribution in [0.1, 0.15) is 5.56 Å². The minimum Gasteiger partial charge on any atom is -0.497 e. The van der Waals surface area contributed by atoms with E-state index in [0.717, 1.165) is 11.3 Å². The number of benzene rings is 2. The summed E-state index contributed by atoms with van der Waals surface area (Å²) in [6.45, 7) is 0. The molecule has 0 saturated carbocycles. The van der Waals surface area contributed by atoms with Crippen molar-refractivity contribution in [2.45, 2.75) is 0 Å². The molecule has 1 aromatic heterocycles. The third-order valence-corrected chi connectivity index (χ3v) is 3.54. The fourth-order valence-electron chi connectivity index (χ4n) is 2.24. The summed E-state index contributed by atoms with van der Waals surface area (Å²) in [4.78, 5) is 12.0. The number of aromatic nitrogens is 2. The Bertz CT molecular complexity index is 917. The lowest BCUT2D eigenvalue weighted by molar-refractivity contribution is -0.112. The molecule has 1 heterocycles. The highest BCUT2D eigenvalue weighted by Crippen LogP contribution is 2.29. The molecule has 1 N–H and O–H groups in total. The van der Waals surface area contributed by atoms with Crippen molar-refractivity contribution in [2.24, 2.45) is 0 Å². The number of ether oxygens (including phenoxy) is 2. The van der Waals surface area contributed by atoms with E-state index in [0.29, 0.717) is 11.3 Å². The maximum atomic E-state index is 12.0. The van der Waals surface area contributed by atoms with Gasteiger partial charge in [-0.25, -0.2) is 0 Å². The van der Waals surface area contributed by atoms with E-state index in [-0.39, 0.29) is 17.8 Å². The number of carbonyl (C=O) groups is 1. The molecule has 3 rings (SSSR count). The second kappa shape index (κ2) is 7.98. The van der Waals surface area contributed by atoms with E-state index in [2.05, 4.69) is 15.5 Å². The van der Waals surface area contributed by atoms with Gasteiger partial charge in [0, 0.05) is 6.08 Å². The van der Waals surface area contributed by atoms with E-state index in [1.54, 1.807) is 32.4 Å². The van der Waals surface area contributed by atoms with Gasteiger partial charge in [-0.15, -0.1) is 5.10 Å². The number of rotatable bonds is 6. The highest BCUT2D eigenvalue weighted by Gasteiger charge is 2.13. The number of hydrogen-bond donors (Lipinski definition) is 1.